The molecule has 1 aliphatic rings. The Bertz CT molecular complexity index is 365. The first-order chi connectivity index (χ1) is 8.88. The van der Waals surface area contributed by atoms with E-state index in [1.807, 2.05) is 12.1 Å². The van der Waals surface area contributed by atoms with E-state index in [0.29, 0.717) is 0 Å². The van der Waals surface area contributed by atoms with E-state index < -0.39 is 0 Å². The van der Waals surface area contributed by atoms with E-state index in [2.05, 4.69) is 29.6 Å². The van der Waals surface area contributed by atoms with Gasteiger partial charge < -0.3 is 10.1 Å². The van der Waals surface area contributed by atoms with Gasteiger partial charge in [-0.2, -0.15) is 0 Å². The van der Waals surface area contributed by atoms with Crippen LogP contribution >= 0.6 is 0 Å². The maximum Gasteiger partial charge on any atom is 0.118 e. The number of allylic oxidation sites excluding steroid dienone is 1. The number of hydrogen-bond acceptors (Lipinski definition) is 2. The lowest BCUT2D eigenvalue weighted by molar-refractivity contribution is 0.414. The Morgan fingerprint density at radius 1 is 1.17 bits per heavy atom. The Labute approximate surface area is 110 Å². The summed E-state index contributed by atoms with van der Waals surface area (Å²) >= 11 is 0. The predicted octanol–water partition coefficient (Wildman–Crippen LogP) is 3.33. The van der Waals surface area contributed by atoms with Crippen molar-refractivity contribution in [2.75, 3.05) is 13.7 Å². The third kappa shape index (κ3) is 4.92. The molecule has 2 rings (SSSR count). The van der Waals surface area contributed by atoms with Gasteiger partial charge in [-0.3, -0.25) is 0 Å². The fourth-order valence-electron chi connectivity index (χ4n) is 1.94. The second-order valence-corrected chi connectivity index (χ2v) is 4.88. The highest BCUT2D eigenvalue weighted by atomic mass is 16.5. The van der Waals surface area contributed by atoms with Crippen molar-refractivity contribution in [1.82, 2.24) is 5.32 Å². The van der Waals surface area contributed by atoms with E-state index >= 15 is 0 Å². The molecule has 0 heterocycles. The molecular formula is C16H23NO. The lowest BCUT2D eigenvalue weighted by Crippen LogP contribution is -2.16. The summed E-state index contributed by atoms with van der Waals surface area (Å²) in [7, 11) is 1.70. The van der Waals surface area contributed by atoms with Gasteiger partial charge in [-0.05, 0) is 56.3 Å². The Balaban J connectivity index is 1.56. The van der Waals surface area contributed by atoms with Gasteiger partial charge in [0.2, 0.25) is 0 Å². The zero-order chi connectivity index (χ0) is 12.6. The molecule has 18 heavy (non-hydrogen) atoms. The zero-order valence-electron chi connectivity index (χ0n) is 11.2. The maximum absolute atomic E-state index is 5.14. The average molecular weight is 245 g/mol. The van der Waals surface area contributed by atoms with Crippen LogP contribution in [0.15, 0.2) is 36.4 Å². The van der Waals surface area contributed by atoms with Crippen molar-refractivity contribution in [3.63, 3.8) is 0 Å². The van der Waals surface area contributed by atoms with Crippen LogP contribution in [-0.2, 0) is 6.42 Å². The number of benzene rings is 1. The summed E-state index contributed by atoms with van der Waals surface area (Å²) in [4.78, 5) is 0. The van der Waals surface area contributed by atoms with Gasteiger partial charge >= 0.3 is 0 Å². The van der Waals surface area contributed by atoms with Crippen LogP contribution in [0.3, 0.4) is 0 Å². The summed E-state index contributed by atoms with van der Waals surface area (Å²) < 4.78 is 5.14. The van der Waals surface area contributed by atoms with E-state index in [1.54, 1.807) is 7.11 Å². The summed E-state index contributed by atoms with van der Waals surface area (Å²) in [5.74, 6) is 0.931. The van der Waals surface area contributed by atoms with Crippen LogP contribution in [0.4, 0.5) is 0 Å². The molecule has 1 fully saturated rings. The molecule has 0 amide bonds. The summed E-state index contributed by atoms with van der Waals surface area (Å²) in [6.07, 6.45) is 10.7. The van der Waals surface area contributed by atoms with Crippen LogP contribution in [0.5, 0.6) is 5.75 Å². The van der Waals surface area contributed by atoms with E-state index in [-0.39, 0.29) is 0 Å². The molecular weight excluding hydrogens is 222 g/mol. The summed E-state index contributed by atoms with van der Waals surface area (Å²) in [5, 5.41) is 3.51. The SMILES string of the molecule is COc1ccc(CCC=CCCNC2CC2)cc1. The van der Waals surface area contributed by atoms with Crippen LogP contribution in [0.1, 0.15) is 31.2 Å². The van der Waals surface area contributed by atoms with Crippen molar-refractivity contribution in [3.8, 4) is 5.75 Å². The van der Waals surface area contributed by atoms with Gasteiger partial charge in [0.15, 0.2) is 0 Å². The van der Waals surface area contributed by atoms with Crippen molar-refractivity contribution in [2.24, 2.45) is 0 Å². The van der Waals surface area contributed by atoms with E-state index in [9.17, 15) is 0 Å². The van der Waals surface area contributed by atoms with Gasteiger partial charge in [0, 0.05) is 6.04 Å². The first-order valence-corrected chi connectivity index (χ1v) is 6.90. The maximum atomic E-state index is 5.14. The minimum Gasteiger partial charge on any atom is -0.497 e. The predicted molar refractivity (Wildman–Crippen MR) is 76.1 cm³/mol. The van der Waals surface area contributed by atoms with Gasteiger partial charge in [-0.1, -0.05) is 24.3 Å². The largest absolute Gasteiger partial charge is 0.497 e. The molecule has 0 radical (unpaired) electrons. The molecule has 1 aromatic carbocycles. The molecule has 0 bridgehead atoms. The molecule has 1 aliphatic carbocycles. The molecule has 0 unspecified atom stereocenters. The van der Waals surface area contributed by atoms with Crippen LogP contribution in [0, 0.1) is 0 Å². The molecule has 1 saturated carbocycles. The molecule has 2 nitrogen and oxygen atoms in total. The van der Waals surface area contributed by atoms with Crippen molar-refractivity contribution < 1.29 is 4.74 Å². The first-order valence-electron chi connectivity index (χ1n) is 6.90. The summed E-state index contributed by atoms with van der Waals surface area (Å²) in [5.41, 5.74) is 1.37. The fourth-order valence-corrected chi connectivity index (χ4v) is 1.94. The fraction of sp³-hybridized carbons (Fsp3) is 0.500. The smallest absolute Gasteiger partial charge is 0.118 e. The number of hydrogen-bond donors (Lipinski definition) is 1. The minimum atomic E-state index is 0.831. The lowest BCUT2D eigenvalue weighted by Gasteiger charge is -2.01. The minimum absolute atomic E-state index is 0.831. The van der Waals surface area contributed by atoms with Crippen LogP contribution in [0.25, 0.3) is 0 Å². The lowest BCUT2D eigenvalue weighted by atomic mass is 10.1. The number of methoxy groups -OCH3 is 1. The molecule has 0 aromatic heterocycles. The Kier molecular flexibility index (Phi) is 5.28. The van der Waals surface area contributed by atoms with E-state index in [1.165, 1.54) is 18.4 Å². The Morgan fingerprint density at radius 2 is 1.89 bits per heavy atom. The number of aryl methyl sites for hydroxylation is 1. The zero-order valence-corrected chi connectivity index (χ0v) is 11.2. The van der Waals surface area contributed by atoms with Gasteiger partial charge in [-0.25, -0.2) is 0 Å². The van der Waals surface area contributed by atoms with Gasteiger partial charge in [0.1, 0.15) is 5.75 Å². The highest BCUT2D eigenvalue weighted by Crippen LogP contribution is 2.18. The molecule has 0 saturated heterocycles. The second kappa shape index (κ2) is 7.22. The third-order valence-corrected chi connectivity index (χ3v) is 3.25. The highest BCUT2D eigenvalue weighted by Gasteiger charge is 2.19. The van der Waals surface area contributed by atoms with Gasteiger partial charge in [-0.15, -0.1) is 0 Å². The standard InChI is InChI=1S/C16H23NO/c1-18-16-11-7-14(8-12-16)6-4-2-3-5-13-17-15-9-10-15/h2-3,7-8,11-12,15,17H,4-6,9-10,13H2,1H3. The van der Waals surface area contributed by atoms with E-state index in [0.717, 1.165) is 37.6 Å². The van der Waals surface area contributed by atoms with Crippen LogP contribution in [-0.4, -0.2) is 19.7 Å². The van der Waals surface area contributed by atoms with Crippen LogP contribution in [0.2, 0.25) is 0 Å². The highest BCUT2D eigenvalue weighted by molar-refractivity contribution is 5.27. The number of rotatable bonds is 8. The second-order valence-electron chi connectivity index (χ2n) is 4.88. The number of nitrogens with one attached hydrogen (secondary N) is 1. The van der Waals surface area contributed by atoms with Gasteiger partial charge in [0.05, 0.1) is 7.11 Å². The molecule has 1 N–H and O–H groups in total. The molecule has 2 heteroatoms. The topological polar surface area (TPSA) is 21.3 Å². The third-order valence-electron chi connectivity index (χ3n) is 3.25. The van der Waals surface area contributed by atoms with Gasteiger partial charge in [0.25, 0.3) is 0 Å². The molecule has 0 spiro atoms. The molecule has 1 aromatic rings. The quantitative estimate of drug-likeness (QED) is 0.560. The summed E-state index contributed by atoms with van der Waals surface area (Å²) in [6, 6.07) is 9.16. The Hall–Kier alpha value is -1.28. The number of ether oxygens (including phenoxy) is 1. The van der Waals surface area contributed by atoms with Crippen LogP contribution < -0.4 is 10.1 Å². The van der Waals surface area contributed by atoms with Crippen molar-refractivity contribution in [3.05, 3.63) is 42.0 Å². The van der Waals surface area contributed by atoms with Crippen molar-refractivity contribution in [2.45, 2.75) is 38.1 Å². The molecule has 98 valence electrons. The summed E-state index contributed by atoms with van der Waals surface area (Å²) in [6.45, 7) is 1.13. The average Bonchev–Trinajstić information content (AvgIpc) is 3.22. The molecule has 0 aliphatic heterocycles. The monoisotopic (exact) mass is 245 g/mol. The van der Waals surface area contributed by atoms with Crippen molar-refractivity contribution in [1.29, 1.82) is 0 Å². The Morgan fingerprint density at radius 3 is 2.56 bits per heavy atom. The first kappa shape index (κ1) is 13.2. The molecule has 0 atom stereocenters. The van der Waals surface area contributed by atoms with E-state index in [4.69, 9.17) is 4.74 Å². The van der Waals surface area contributed by atoms with Crippen molar-refractivity contribution >= 4 is 0 Å². The normalized spacial score (nSPS) is 15.2.